The number of aromatic carboxylic acids is 1. The van der Waals surface area contributed by atoms with Gasteiger partial charge in [0.1, 0.15) is 22.9 Å². The van der Waals surface area contributed by atoms with Crippen molar-refractivity contribution in [2.45, 2.75) is 33.7 Å². The maximum Gasteiger partial charge on any atom is 0.337 e. The second kappa shape index (κ2) is 10.4. The lowest BCUT2D eigenvalue weighted by atomic mass is 10.1. The lowest BCUT2D eigenvalue weighted by Crippen LogP contribution is -2.08. The van der Waals surface area contributed by atoms with Gasteiger partial charge < -0.3 is 9.67 Å². The van der Waals surface area contributed by atoms with E-state index in [1.807, 2.05) is 31.2 Å². The number of nitrogens with zero attached hydrogens (tertiary/aromatic N) is 5. The average molecular weight is 544 g/mol. The molecule has 7 nitrogen and oxygen atoms in total. The minimum absolute atomic E-state index is 0.111. The summed E-state index contributed by atoms with van der Waals surface area (Å²) >= 11 is 0. The SMILES string of the molecule is CCc1nc2c(C)cc(C)nc2n1Cc1ccc2nn(-c3ccccc3C(=O)O)c(C#Cc3ccc(F)cc3)c2c1. The first-order chi connectivity index (χ1) is 19.8. The van der Waals surface area contributed by atoms with Gasteiger partial charge in [-0.3, -0.25) is 0 Å². The van der Waals surface area contributed by atoms with Crippen LogP contribution in [0.5, 0.6) is 0 Å². The zero-order chi connectivity index (χ0) is 28.7. The molecule has 6 aromatic rings. The average Bonchev–Trinajstić information content (AvgIpc) is 3.50. The van der Waals surface area contributed by atoms with E-state index in [1.165, 1.54) is 12.1 Å². The van der Waals surface area contributed by atoms with Crippen LogP contribution < -0.4 is 0 Å². The topological polar surface area (TPSA) is 85.8 Å². The summed E-state index contributed by atoms with van der Waals surface area (Å²) in [4.78, 5) is 21.7. The van der Waals surface area contributed by atoms with Gasteiger partial charge >= 0.3 is 5.97 Å². The van der Waals surface area contributed by atoms with Gasteiger partial charge in [0, 0.05) is 23.1 Å². The minimum Gasteiger partial charge on any atom is -0.478 e. The number of fused-ring (bicyclic) bond motifs is 2. The number of para-hydroxylation sites is 1. The molecule has 202 valence electrons. The fraction of sp³-hybridized carbons (Fsp3) is 0.152. The smallest absolute Gasteiger partial charge is 0.337 e. The molecule has 8 heteroatoms. The van der Waals surface area contributed by atoms with E-state index in [0.717, 1.165) is 45.6 Å². The monoisotopic (exact) mass is 543 g/mol. The quantitative estimate of drug-likeness (QED) is 0.260. The van der Waals surface area contributed by atoms with Gasteiger partial charge in [-0.25, -0.2) is 23.8 Å². The van der Waals surface area contributed by atoms with Crippen molar-refractivity contribution in [3.63, 3.8) is 0 Å². The Bertz CT molecular complexity index is 2030. The number of benzene rings is 3. The summed E-state index contributed by atoms with van der Waals surface area (Å²) in [6, 6.07) is 20.6. The summed E-state index contributed by atoms with van der Waals surface area (Å²) in [5.74, 6) is 5.83. The highest BCUT2D eigenvalue weighted by Gasteiger charge is 2.19. The summed E-state index contributed by atoms with van der Waals surface area (Å²) in [5.41, 5.74) is 7.14. The minimum atomic E-state index is -1.06. The molecule has 41 heavy (non-hydrogen) atoms. The molecule has 0 aliphatic heterocycles. The van der Waals surface area contributed by atoms with E-state index in [1.54, 1.807) is 41.1 Å². The molecule has 0 saturated carbocycles. The number of aromatic nitrogens is 5. The number of carbonyl (C=O) groups is 1. The number of carboxylic acids is 1. The number of aryl methyl sites for hydroxylation is 3. The third kappa shape index (κ3) is 4.83. The number of pyridine rings is 1. The number of imidazole rings is 1. The maximum atomic E-state index is 13.5. The zero-order valence-corrected chi connectivity index (χ0v) is 22.8. The van der Waals surface area contributed by atoms with Gasteiger partial charge in [0.15, 0.2) is 5.65 Å². The molecule has 0 spiro atoms. The molecule has 3 aromatic heterocycles. The first kappa shape index (κ1) is 26.0. The van der Waals surface area contributed by atoms with Crippen LogP contribution in [0.25, 0.3) is 27.8 Å². The molecule has 0 fully saturated rings. The van der Waals surface area contributed by atoms with Crippen LogP contribution in [-0.2, 0) is 13.0 Å². The van der Waals surface area contributed by atoms with Crippen molar-refractivity contribution in [1.29, 1.82) is 0 Å². The van der Waals surface area contributed by atoms with Gasteiger partial charge in [-0.05, 0) is 85.5 Å². The number of carboxylic acid groups (broad SMARTS) is 1. The number of halogens is 1. The predicted octanol–water partition coefficient (Wildman–Crippen LogP) is 6.23. The summed E-state index contributed by atoms with van der Waals surface area (Å²) < 4.78 is 17.2. The second-order valence-corrected chi connectivity index (χ2v) is 9.91. The Hall–Kier alpha value is -5.29. The molecule has 0 aliphatic carbocycles. The van der Waals surface area contributed by atoms with Crippen molar-refractivity contribution in [1.82, 2.24) is 24.3 Å². The van der Waals surface area contributed by atoms with Gasteiger partial charge in [-0.2, -0.15) is 5.10 Å². The van der Waals surface area contributed by atoms with Gasteiger partial charge in [0.05, 0.1) is 23.3 Å². The lowest BCUT2D eigenvalue weighted by molar-refractivity contribution is 0.0696. The van der Waals surface area contributed by atoms with Crippen LogP contribution in [0.3, 0.4) is 0 Å². The summed E-state index contributed by atoms with van der Waals surface area (Å²) in [6.07, 6.45) is 0.759. The molecule has 0 radical (unpaired) electrons. The van der Waals surface area contributed by atoms with Crippen molar-refractivity contribution in [3.8, 4) is 17.5 Å². The Balaban J connectivity index is 1.53. The van der Waals surface area contributed by atoms with Gasteiger partial charge in [0.25, 0.3) is 0 Å². The van der Waals surface area contributed by atoms with Crippen LogP contribution in [0, 0.1) is 31.5 Å². The predicted molar refractivity (Wildman–Crippen MR) is 156 cm³/mol. The van der Waals surface area contributed by atoms with E-state index in [2.05, 4.69) is 30.3 Å². The summed E-state index contributed by atoms with van der Waals surface area (Å²) in [5, 5.41) is 15.4. The molecule has 1 N–H and O–H groups in total. The fourth-order valence-electron chi connectivity index (χ4n) is 5.10. The van der Waals surface area contributed by atoms with E-state index in [0.29, 0.717) is 29.0 Å². The second-order valence-electron chi connectivity index (χ2n) is 9.91. The van der Waals surface area contributed by atoms with Gasteiger partial charge in [0.2, 0.25) is 0 Å². The largest absolute Gasteiger partial charge is 0.478 e. The van der Waals surface area contributed by atoms with Crippen molar-refractivity contribution < 1.29 is 14.3 Å². The molecule has 6 rings (SSSR count). The number of hydrogen-bond acceptors (Lipinski definition) is 4. The molecule has 0 aliphatic rings. The van der Waals surface area contributed by atoms with Crippen LogP contribution in [-0.4, -0.2) is 35.4 Å². The third-order valence-electron chi connectivity index (χ3n) is 7.03. The highest BCUT2D eigenvalue weighted by atomic mass is 19.1. The number of rotatable bonds is 5. The highest BCUT2D eigenvalue weighted by molar-refractivity contribution is 5.93. The molecule has 3 aromatic carbocycles. The van der Waals surface area contributed by atoms with Crippen molar-refractivity contribution in [2.24, 2.45) is 0 Å². The zero-order valence-electron chi connectivity index (χ0n) is 22.8. The molecule has 0 amide bonds. The molecule has 3 heterocycles. The maximum absolute atomic E-state index is 13.5. The summed E-state index contributed by atoms with van der Waals surface area (Å²) in [6.45, 7) is 6.66. The van der Waals surface area contributed by atoms with Crippen molar-refractivity contribution >= 4 is 28.0 Å². The van der Waals surface area contributed by atoms with E-state index in [4.69, 9.17) is 15.1 Å². The van der Waals surface area contributed by atoms with E-state index in [9.17, 15) is 14.3 Å². The Labute approximate surface area is 235 Å². The van der Waals surface area contributed by atoms with Crippen molar-refractivity contribution in [3.05, 3.63) is 118 Å². The first-order valence-electron chi connectivity index (χ1n) is 13.3. The van der Waals surface area contributed by atoms with Crippen LogP contribution >= 0.6 is 0 Å². The lowest BCUT2D eigenvalue weighted by Gasteiger charge is -2.09. The number of hydrogen-bond donors (Lipinski definition) is 1. The molecule has 0 bridgehead atoms. The van der Waals surface area contributed by atoms with Crippen LogP contribution in [0.15, 0.2) is 72.8 Å². The van der Waals surface area contributed by atoms with E-state index in [-0.39, 0.29) is 11.4 Å². The van der Waals surface area contributed by atoms with Crippen LogP contribution in [0.2, 0.25) is 0 Å². The Morgan fingerprint density at radius 2 is 1.76 bits per heavy atom. The van der Waals surface area contributed by atoms with Crippen LogP contribution in [0.1, 0.15) is 51.2 Å². The third-order valence-corrected chi connectivity index (χ3v) is 7.03. The molecule has 0 saturated heterocycles. The fourth-order valence-corrected chi connectivity index (χ4v) is 5.10. The summed E-state index contributed by atoms with van der Waals surface area (Å²) in [7, 11) is 0. The van der Waals surface area contributed by atoms with Crippen LogP contribution in [0.4, 0.5) is 4.39 Å². The Kier molecular flexibility index (Phi) is 6.56. The normalized spacial score (nSPS) is 11.1. The Morgan fingerprint density at radius 1 is 0.976 bits per heavy atom. The van der Waals surface area contributed by atoms with Gasteiger partial charge in [-0.1, -0.05) is 31.0 Å². The molecular formula is C33H26FN5O2. The highest BCUT2D eigenvalue weighted by Crippen LogP contribution is 2.27. The molecular weight excluding hydrogens is 517 g/mol. The van der Waals surface area contributed by atoms with E-state index >= 15 is 0 Å². The van der Waals surface area contributed by atoms with E-state index < -0.39 is 5.97 Å². The molecule has 0 unspecified atom stereocenters. The molecule has 0 atom stereocenters. The first-order valence-corrected chi connectivity index (χ1v) is 13.3. The Morgan fingerprint density at radius 3 is 2.51 bits per heavy atom. The van der Waals surface area contributed by atoms with Crippen molar-refractivity contribution in [2.75, 3.05) is 0 Å². The standard InChI is InChI=1S/C33H26FN5O2/c1-4-30-36-31-20(2)17-21(3)35-32(31)38(30)19-23-11-15-27-26(18-23)29(16-12-22-9-13-24(34)14-10-22)39(37-27)28-8-6-5-7-25(28)33(40)41/h5-11,13-15,17-18H,4,19H2,1-3H3,(H,40,41). The van der Waals surface area contributed by atoms with Gasteiger partial charge in [-0.15, -0.1) is 0 Å².